The molecule has 0 radical (unpaired) electrons. The molecule has 2 aromatic rings. The smallest absolute Gasteiger partial charge is 0.341 e. The van der Waals surface area contributed by atoms with E-state index in [1.165, 1.54) is 6.42 Å². The molecule has 0 atom stereocenters. The summed E-state index contributed by atoms with van der Waals surface area (Å²) in [6.07, 6.45) is 6.94. The summed E-state index contributed by atoms with van der Waals surface area (Å²) >= 11 is 0. The number of aromatic nitrogens is 3. The van der Waals surface area contributed by atoms with Crippen molar-refractivity contribution in [1.29, 1.82) is 0 Å². The van der Waals surface area contributed by atoms with Crippen LogP contribution in [0.25, 0.3) is 5.69 Å². The Morgan fingerprint density at radius 1 is 1.04 bits per heavy atom. The molecule has 1 aliphatic heterocycles. The van der Waals surface area contributed by atoms with Gasteiger partial charge in [-0.2, -0.15) is 4.98 Å². The molecule has 0 N–H and O–H groups in total. The first kappa shape index (κ1) is 15.7. The molecule has 0 spiro atoms. The molecule has 5 nitrogen and oxygen atoms in total. The molecule has 2 heterocycles. The Morgan fingerprint density at radius 3 is 2.26 bits per heavy atom. The van der Waals surface area contributed by atoms with Crippen molar-refractivity contribution in [3.05, 3.63) is 46.1 Å². The van der Waals surface area contributed by atoms with Gasteiger partial charge in [0.1, 0.15) is 6.33 Å². The molecule has 1 aliphatic rings. The Balaban J connectivity index is 2.03. The topological polar surface area (TPSA) is 51.0 Å². The van der Waals surface area contributed by atoms with Gasteiger partial charge in [-0.05, 0) is 43.2 Å². The second kappa shape index (κ2) is 6.94. The number of nitrogens with zero attached hydrogens (tertiary/aromatic N) is 4. The van der Waals surface area contributed by atoms with Gasteiger partial charge in [-0.15, -0.1) is 0 Å². The maximum absolute atomic E-state index is 12.6. The van der Waals surface area contributed by atoms with Crippen molar-refractivity contribution in [2.24, 2.45) is 0 Å². The Kier molecular flexibility index (Phi) is 4.74. The van der Waals surface area contributed by atoms with Crippen LogP contribution in [0.2, 0.25) is 0 Å². The van der Waals surface area contributed by atoms with Crippen molar-refractivity contribution in [2.45, 2.75) is 46.0 Å². The van der Waals surface area contributed by atoms with Crippen LogP contribution in [0.1, 0.15) is 44.2 Å². The van der Waals surface area contributed by atoms with Crippen molar-refractivity contribution in [3.8, 4) is 5.69 Å². The van der Waals surface area contributed by atoms with Crippen molar-refractivity contribution < 1.29 is 0 Å². The molecule has 0 amide bonds. The fourth-order valence-electron chi connectivity index (χ4n) is 3.25. The maximum Gasteiger partial charge on any atom is 0.356 e. The van der Waals surface area contributed by atoms with Gasteiger partial charge < -0.3 is 4.90 Å². The fraction of sp³-hybridized carbons (Fsp3) is 0.500. The standard InChI is InChI=1S/C18H24N4O/c1-3-14-9-8-10-15(4-2)16(14)22-13-19-17(20-18(22)23)21-11-6-5-7-12-21/h8-10,13H,3-7,11-12H2,1-2H3. The highest BCUT2D eigenvalue weighted by Crippen LogP contribution is 2.20. The minimum atomic E-state index is -0.240. The molecule has 23 heavy (non-hydrogen) atoms. The maximum atomic E-state index is 12.6. The third kappa shape index (κ3) is 3.14. The molecule has 0 unspecified atom stereocenters. The second-order valence-corrected chi connectivity index (χ2v) is 5.99. The summed E-state index contributed by atoms with van der Waals surface area (Å²) in [5, 5.41) is 0. The van der Waals surface area contributed by atoms with Gasteiger partial charge in [0, 0.05) is 13.1 Å². The highest BCUT2D eigenvalue weighted by Gasteiger charge is 2.16. The van der Waals surface area contributed by atoms with E-state index >= 15 is 0 Å². The first-order valence-electron chi connectivity index (χ1n) is 8.56. The number of anilines is 1. The molecule has 1 fully saturated rings. The number of rotatable bonds is 4. The molecule has 0 aliphatic carbocycles. The van der Waals surface area contributed by atoms with Gasteiger partial charge in [0.2, 0.25) is 5.95 Å². The van der Waals surface area contributed by atoms with E-state index in [0.717, 1.165) is 55.6 Å². The van der Waals surface area contributed by atoms with Crippen LogP contribution in [0, 0.1) is 0 Å². The van der Waals surface area contributed by atoms with Gasteiger partial charge in [0.25, 0.3) is 0 Å². The minimum Gasteiger partial charge on any atom is -0.341 e. The molecule has 1 aromatic heterocycles. The van der Waals surface area contributed by atoms with Crippen LogP contribution >= 0.6 is 0 Å². The lowest BCUT2D eigenvalue weighted by Crippen LogP contribution is -2.34. The van der Waals surface area contributed by atoms with E-state index in [1.54, 1.807) is 10.9 Å². The van der Waals surface area contributed by atoms with Crippen LogP contribution in [0.15, 0.2) is 29.3 Å². The molecular formula is C18H24N4O. The molecule has 1 aromatic carbocycles. The summed E-state index contributed by atoms with van der Waals surface area (Å²) < 4.78 is 1.60. The largest absolute Gasteiger partial charge is 0.356 e. The zero-order valence-electron chi connectivity index (χ0n) is 14.0. The second-order valence-electron chi connectivity index (χ2n) is 5.99. The molecule has 0 bridgehead atoms. The zero-order valence-corrected chi connectivity index (χ0v) is 14.0. The van der Waals surface area contributed by atoms with E-state index in [1.807, 2.05) is 0 Å². The zero-order chi connectivity index (χ0) is 16.2. The van der Waals surface area contributed by atoms with Crippen LogP contribution in [0.4, 0.5) is 5.95 Å². The molecule has 122 valence electrons. The average Bonchev–Trinajstić information content (AvgIpc) is 2.61. The molecule has 3 rings (SSSR count). The minimum absolute atomic E-state index is 0.240. The van der Waals surface area contributed by atoms with Crippen molar-refractivity contribution >= 4 is 5.95 Å². The Hall–Kier alpha value is -2.17. The number of aryl methyl sites for hydroxylation is 2. The van der Waals surface area contributed by atoms with Crippen LogP contribution in [0.3, 0.4) is 0 Å². The molecule has 5 heteroatoms. The van der Waals surface area contributed by atoms with Gasteiger partial charge in [0.05, 0.1) is 5.69 Å². The quantitative estimate of drug-likeness (QED) is 0.871. The first-order valence-corrected chi connectivity index (χ1v) is 8.56. The Bertz CT molecular complexity index is 710. The summed E-state index contributed by atoms with van der Waals surface area (Å²) in [6.45, 7) is 6.09. The van der Waals surface area contributed by atoms with Gasteiger partial charge >= 0.3 is 5.69 Å². The van der Waals surface area contributed by atoms with Crippen LogP contribution < -0.4 is 10.6 Å². The molecular weight excluding hydrogens is 288 g/mol. The summed E-state index contributed by atoms with van der Waals surface area (Å²) in [4.78, 5) is 23.4. The third-order valence-corrected chi connectivity index (χ3v) is 4.54. The van der Waals surface area contributed by atoms with Gasteiger partial charge in [0.15, 0.2) is 0 Å². The number of hydrogen-bond acceptors (Lipinski definition) is 4. The number of para-hydroxylation sites is 1. The molecule has 0 saturated carbocycles. The lowest BCUT2D eigenvalue weighted by atomic mass is 10.0. The summed E-state index contributed by atoms with van der Waals surface area (Å²) in [5.41, 5.74) is 3.02. The lowest BCUT2D eigenvalue weighted by Gasteiger charge is -2.26. The summed E-state index contributed by atoms with van der Waals surface area (Å²) in [6, 6.07) is 6.19. The van der Waals surface area contributed by atoms with E-state index in [9.17, 15) is 4.79 Å². The van der Waals surface area contributed by atoms with Gasteiger partial charge in [-0.1, -0.05) is 32.0 Å². The van der Waals surface area contributed by atoms with Crippen molar-refractivity contribution in [2.75, 3.05) is 18.0 Å². The van der Waals surface area contributed by atoms with Gasteiger partial charge in [-0.3, -0.25) is 4.57 Å². The van der Waals surface area contributed by atoms with Crippen LogP contribution in [0.5, 0.6) is 0 Å². The average molecular weight is 312 g/mol. The van der Waals surface area contributed by atoms with Crippen LogP contribution in [-0.2, 0) is 12.8 Å². The Morgan fingerprint density at radius 2 is 1.70 bits per heavy atom. The number of benzene rings is 1. The number of hydrogen-bond donors (Lipinski definition) is 0. The van der Waals surface area contributed by atoms with E-state index in [4.69, 9.17) is 0 Å². The van der Waals surface area contributed by atoms with Crippen molar-refractivity contribution in [3.63, 3.8) is 0 Å². The Labute approximate surface area is 137 Å². The van der Waals surface area contributed by atoms with E-state index in [2.05, 4.69) is 46.9 Å². The van der Waals surface area contributed by atoms with E-state index < -0.39 is 0 Å². The summed E-state index contributed by atoms with van der Waals surface area (Å²) in [7, 11) is 0. The van der Waals surface area contributed by atoms with Crippen molar-refractivity contribution in [1.82, 2.24) is 14.5 Å². The van der Waals surface area contributed by atoms with E-state index in [0.29, 0.717) is 5.95 Å². The predicted octanol–water partition coefficient (Wildman–Crippen LogP) is 2.74. The van der Waals surface area contributed by atoms with Gasteiger partial charge in [-0.25, -0.2) is 9.78 Å². The van der Waals surface area contributed by atoms with E-state index in [-0.39, 0.29) is 5.69 Å². The third-order valence-electron chi connectivity index (χ3n) is 4.54. The SMILES string of the molecule is CCc1cccc(CC)c1-n1cnc(N2CCCCC2)nc1=O. The highest BCUT2D eigenvalue weighted by atomic mass is 16.1. The predicted molar refractivity (Wildman–Crippen MR) is 92.4 cm³/mol. The van der Waals surface area contributed by atoms with Crippen LogP contribution in [-0.4, -0.2) is 27.6 Å². The summed E-state index contributed by atoms with van der Waals surface area (Å²) in [5.74, 6) is 0.568. The monoisotopic (exact) mass is 312 g/mol. The molecule has 1 saturated heterocycles. The fourth-order valence-corrected chi connectivity index (χ4v) is 3.25. The highest BCUT2D eigenvalue weighted by molar-refractivity contribution is 5.48. The lowest BCUT2D eigenvalue weighted by molar-refractivity contribution is 0.565. The normalized spacial score (nSPS) is 15.0. The number of piperidine rings is 1. The first-order chi connectivity index (χ1) is 11.2.